The average Bonchev–Trinajstić information content (AvgIpc) is 2.88. The van der Waals surface area contributed by atoms with Crippen LogP contribution in [0.4, 0.5) is 0 Å². The molecule has 0 bridgehead atoms. The van der Waals surface area contributed by atoms with Crippen LogP contribution in [0.3, 0.4) is 0 Å². The molecule has 3 rings (SSSR count). The van der Waals surface area contributed by atoms with Gasteiger partial charge in [-0.25, -0.2) is 5.43 Å². The van der Waals surface area contributed by atoms with Crippen molar-refractivity contribution in [2.75, 3.05) is 7.11 Å². The van der Waals surface area contributed by atoms with Crippen molar-refractivity contribution in [1.82, 2.24) is 10.7 Å². The zero-order chi connectivity index (χ0) is 26.9. The van der Waals surface area contributed by atoms with Crippen LogP contribution in [0.2, 0.25) is 15.1 Å². The summed E-state index contributed by atoms with van der Waals surface area (Å²) in [6.07, 6.45) is 1.47. The second-order valence-electron chi connectivity index (χ2n) is 8.35. The van der Waals surface area contributed by atoms with Crippen molar-refractivity contribution in [2.45, 2.75) is 26.5 Å². The van der Waals surface area contributed by atoms with Crippen molar-refractivity contribution in [1.29, 1.82) is 0 Å². The van der Waals surface area contributed by atoms with Crippen molar-refractivity contribution >= 4 is 52.8 Å². The normalized spacial score (nSPS) is 11.9. The van der Waals surface area contributed by atoms with Gasteiger partial charge in [0.05, 0.1) is 23.4 Å². The number of nitrogens with zero attached hydrogens (tertiary/aromatic N) is 1. The fourth-order valence-electron chi connectivity index (χ4n) is 3.29. The molecule has 0 aliphatic heterocycles. The van der Waals surface area contributed by atoms with E-state index in [0.717, 1.165) is 5.56 Å². The van der Waals surface area contributed by atoms with Gasteiger partial charge in [-0.05, 0) is 53.9 Å². The Morgan fingerprint density at radius 3 is 2.38 bits per heavy atom. The molecule has 0 aliphatic rings. The van der Waals surface area contributed by atoms with Crippen molar-refractivity contribution in [3.05, 3.63) is 92.4 Å². The number of rotatable bonds is 10. The number of carbonyl (C=O) groups excluding carboxylic acids is 2. The molecule has 194 valence electrons. The van der Waals surface area contributed by atoms with Crippen LogP contribution in [-0.2, 0) is 11.4 Å². The number of hydrogen-bond donors (Lipinski definition) is 2. The lowest BCUT2D eigenvalue weighted by Crippen LogP contribution is -2.48. The fraction of sp³-hybridized carbons (Fsp3) is 0.222. The first-order valence-electron chi connectivity index (χ1n) is 11.3. The molecule has 2 N–H and O–H groups in total. The molecule has 0 fully saturated rings. The highest BCUT2D eigenvalue weighted by Gasteiger charge is 2.24. The number of benzene rings is 3. The minimum atomic E-state index is -0.825. The van der Waals surface area contributed by atoms with Crippen molar-refractivity contribution in [2.24, 2.45) is 11.0 Å². The molecule has 0 heterocycles. The van der Waals surface area contributed by atoms with E-state index in [-0.39, 0.29) is 17.5 Å². The van der Waals surface area contributed by atoms with E-state index < -0.39 is 17.9 Å². The molecule has 7 nitrogen and oxygen atoms in total. The van der Waals surface area contributed by atoms with Gasteiger partial charge in [0.25, 0.3) is 11.8 Å². The molecular formula is C27H26Cl3N3O4. The van der Waals surface area contributed by atoms with Crippen molar-refractivity contribution in [3.63, 3.8) is 0 Å². The van der Waals surface area contributed by atoms with E-state index in [9.17, 15) is 9.59 Å². The van der Waals surface area contributed by atoms with Crippen LogP contribution in [0.15, 0.2) is 65.8 Å². The number of hydrogen-bond acceptors (Lipinski definition) is 5. The first kappa shape index (κ1) is 28.3. The summed E-state index contributed by atoms with van der Waals surface area (Å²) in [5.74, 6) is -0.0823. The summed E-state index contributed by atoms with van der Waals surface area (Å²) in [6, 6.07) is 16.3. The third-order valence-electron chi connectivity index (χ3n) is 5.33. The molecule has 3 aromatic rings. The first-order valence-corrected chi connectivity index (χ1v) is 12.5. The number of hydrazone groups is 1. The highest BCUT2D eigenvalue weighted by molar-refractivity contribution is 6.42. The predicted octanol–water partition coefficient (Wildman–Crippen LogP) is 6.14. The van der Waals surface area contributed by atoms with E-state index in [4.69, 9.17) is 44.3 Å². The van der Waals surface area contributed by atoms with Gasteiger partial charge in [0.2, 0.25) is 0 Å². The topological polar surface area (TPSA) is 89.0 Å². The average molecular weight is 563 g/mol. The van der Waals surface area contributed by atoms with E-state index in [0.29, 0.717) is 32.7 Å². The maximum atomic E-state index is 12.7. The summed E-state index contributed by atoms with van der Waals surface area (Å²) in [6.45, 7) is 3.91. The lowest BCUT2D eigenvalue weighted by Gasteiger charge is -2.20. The number of methoxy groups -OCH3 is 1. The maximum absolute atomic E-state index is 12.7. The summed E-state index contributed by atoms with van der Waals surface area (Å²) < 4.78 is 11.3. The second-order valence-corrected chi connectivity index (χ2v) is 9.57. The minimum absolute atomic E-state index is 0.198. The fourth-order valence-corrected chi connectivity index (χ4v) is 3.78. The molecule has 1 unspecified atom stereocenters. The van der Waals surface area contributed by atoms with Crippen molar-refractivity contribution in [3.8, 4) is 11.5 Å². The lowest BCUT2D eigenvalue weighted by molar-refractivity contribution is -0.123. The minimum Gasteiger partial charge on any atom is -0.493 e. The van der Waals surface area contributed by atoms with Gasteiger partial charge in [-0.15, -0.1) is 0 Å². The molecule has 2 amide bonds. The summed E-state index contributed by atoms with van der Waals surface area (Å²) in [4.78, 5) is 25.4. The van der Waals surface area contributed by atoms with Gasteiger partial charge in [0, 0.05) is 16.1 Å². The smallest absolute Gasteiger partial charge is 0.262 e. The second kappa shape index (κ2) is 13.3. The Kier molecular flexibility index (Phi) is 10.2. The molecule has 3 aromatic carbocycles. The van der Waals surface area contributed by atoms with Crippen LogP contribution in [0.5, 0.6) is 11.5 Å². The maximum Gasteiger partial charge on any atom is 0.262 e. The molecule has 0 spiro atoms. The third-order valence-corrected chi connectivity index (χ3v) is 6.44. The van der Waals surface area contributed by atoms with Crippen LogP contribution in [-0.4, -0.2) is 31.2 Å². The largest absolute Gasteiger partial charge is 0.493 e. The quantitative estimate of drug-likeness (QED) is 0.229. The molecule has 1 atom stereocenters. The van der Waals surface area contributed by atoms with E-state index >= 15 is 0 Å². The molecule has 37 heavy (non-hydrogen) atoms. The number of ether oxygens (including phenoxy) is 2. The van der Waals surface area contributed by atoms with E-state index in [1.54, 1.807) is 24.3 Å². The number of carbonyl (C=O) groups is 2. The van der Waals surface area contributed by atoms with Gasteiger partial charge in [-0.2, -0.15) is 5.10 Å². The summed E-state index contributed by atoms with van der Waals surface area (Å²) in [7, 11) is 1.53. The molecule has 10 heteroatoms. The van der Waals surface area contributed by atoms with Crippen LogP contribution >= 0.6 is 34.8 Å². The highest BCUT2D eigenvalue weighted by Crippen LogP contribution is 2.29. The Morgan fingerprint density at radius 2 is 1.70 bits per heavy atom. The lowest BCUT2D eigenvalue weighted by atomic mass is 10.0. The van der Waals surface area contributed by atoms with Crippen LogP contribution < -0.4 is 20.2 Å². The molecule has 0 saturated carbocycles. The summed E-state index contributed by atoms with van der Waals surface area (Å²) in [5.41, 5.74) is 4.29. The first-order chi connectivity index (χ1) is 17.7. The molecule has 0 aromatic heterocycles. The number of amides is 2. The van der Waals surface area contributed by atoms with Gasteiger partial charge < -0.3 is 14.8 Å². The van der Waals surface area contributed by atoms with Gasteiger partial charge >= 0.3 is 0 Å². The Morgan fingerprint density at radius 1 is 0.946 bits per heavy atom. The third kappa shape index (κ3) is 7.86. The van der Waals surface area contributed by atoms with Gasteiger partial charge in [-0.3, -0.25) is 9.59 Å². The van der Waals surface area contributed by atoms with E-state index in [1.807, 2.05) is 32.0 Å². The Hall–Kier alpha value is -3.26. The highest BCUT2D eigenvalue weighted by atomic mass is 35.5. The number of halogens is 3. The van der Waals surface area contributed by atoms with Gasteiger partial charge in [0.1, 0.15) is 12.6 Å². The van der Waals surface area contributed by atoms with Crippen LogP contribution in [0, 0.1) is 5.92 Å². The Bertz CT molecular complexity index is 1300. The number of nitrogens with one attached hydrogen (secondary N) is 2. The Labute approximate surface area is 230 Å². The SMILES string of the molecule is COc1cc(C=NNC(=O)C(NC(=O)c2ccc(Cl)c(Cl)c2)C(C)C)ccc1OCc1ccccc1Cl. The molecule has 0 radical (unpaired) electrons. The standard InChI is InChI=1S/C27H26Cl3N3O4/c1-16(2)25(32-26(34)18-9-10-21(29)22(30)13-18)27(35)33-31-14-17-8-11-23(24(12-17)36-3)37-15-19-6-4-5-7-20(19)28/h4-14,16,25H,15H2,1-3H3,(H,32,34)(H,33,35). The zero-order valence-corrected chi connectivity index (χ0v) is 22.7. The van der Waals surface area contributed by atoms with E-state index in [1.165, 1.54) is 31.5 Å². The van der Waals surface area contributed by atoms with Crippen LogP contribution in [0.25, 0.3) is 0 Å². The molecule has 0 saturated heterocycles. The van der Waals surface area contributed by atoms with Crippen molar-refractivity contribution < 1.29 is 19.1 Å². The van der Waals surface area contributed by atoms with Gasteiger partial charge in [0.15, 0.2) is 11.5 Å². The van der Waals surface area contributed by atoms with Crippen LogP contribution in [0.1, 0.15) is 35.3 Å². The van der Waals surface area contributed by atoms with E-state index in [2.05, 4.69) is 15.8 Å². The van der Waals surface area contributed by atoms with Gasteiger partial charge in [-0.1, -0.05) is 66.8 Å². The summed E-state index contributed by atoms with van der Waals surface area (Å²) in [5, 5.41) is 7.95. The Balaban J connectivity index is 1.62. The molecular weight excluding hydrogens is 537 g/mol. The predicted molar refractivity (Wildman–Crippen MR) is 147 cm³/mol. The molecule has 0 aliphatic carbocycles. The summed E-state index contributed by atoms with van der Waals surface area (Å²) >= 11 is 18.1. The zero-order valence-electron chi connectivity index (χ0n) is 20.4. The monoisotopic (exact) mass is 561 g/mol.